The second-order valence-electron chi connectivity index (χ2n) is 11.8. The zero-order valence-corrected chi connectivity index (χ0v) is 31.0. The molecule has 0 aliphatic carbocycles. The van der Waals surface area contributed by atoms with Crippen molar-refractivity contribution in [1.82, 2.24) is 14.1 Å². The van der Waals surface area contributed by atoms with E-state index in [9.17, 15) is 0 Å². The molecular formula is C40H55ClN3Pd-. The Kier molecular flexibility index (Phi) is 14.2. The first-order valence-corrected chi connectivity index (χ1v) is 18.3. The van der Waals surface area contributed by atoms with Crippen LogP contribution in [0.5, 0.6) is 0 Å². The fourth-order valence-electron chi connectivity index (χ4n) is 6.71. The zero-order chi connectivity index (χ0) is 34.7. The monoisotopic (exact) mass is 720 g/mol. The SMILES string of the molecule is Clc1[c-]nccc1.[2H]c1ccc(C(CC)CC)c(-n2ccn(-c3c(C(CC)CC)ccc([2H])c3C(CC)CC)[c]2=[Pd])c1C(CC)CC. The Bertz CT molecular complexity index is 1500. The number of hydrogen-bond acceptors (Lipinski definition) is 1. The van der Waals surface area contributed by atoms with Gasteiger partial charge in [0.05, 0.1) is 0 Å². The summed E-state index contributed by atoms with van der Waals surface area (Å²) in [6.07, 6.45) is 16.9. The molecule has 5 heteroatoms. The molecule has 45 heavy (non-hydrogen) atoms. The molecule has 0 aliphatic heterocycles. The van der Waals surface area contributed by atoms with Crippen LogP contribution >= 0.6 is 11.6 Å². The summed E-state index contributed by atoms with van der Waals surface area (Å²) >= 11 is 9.14. The van der Waals surface area contributed by atoms with Gasteiger partial charge in [0.25, 0.3) is 0 Å². The molecule has 0 N–H and O–H groups in total. The van der Waals surface area contributed by atoms with Crippen molar-refractivity contribution >= 4 is 11.6 Å². The molecule has 0 saturated heterocycles. The molecule has 0 amide bonds. The van der Waals surface area contributed by atoms with Crippen LogP contribution in [0.25, 0.3) is 11.4 Å². The third-order valence-electron chi connectivity index (χ3n) is 9.49. The topological polar surface area (TPSA) is 22.8 Å². The molecule has 0 aliphatic rings. The van der Waals surface area contributed by atoms with Crippen LogP contribution < -0.4 is 0 Å². The maximum absolute atomic E-state index is 9.04. The second kappa shape index (κ2) is 18.8. The van der Waals surface area contributed by atoms with E-state index < -0.39 is 0 Å². The number of benzene rings is 2. The van der Waals surface area contributed by atoms with Crippen molar-refractivity contribution in [3.05, 3.63) is 104 Å². The third kappa shape index (κ3) is 8.77. The predicted octanol–water partition coefficient (Wildman–Crippen LogP) is 12.5. The van der Waals surface area contributed by atoms with Gasteiger partial charge in [0.1, 0.15) is 0 Å². The Morgan fingerprint density at radius 1 is 0.644 bits per heavy atom. The number of aromatic nitrogens is 3. The molecule has 0 saturated carbocycles. The fourth-order valence-corrected chi connectivity index (χ4v) is 7.41. The Morgan fingerprint density at radius 3 is 1.31 bits per heavy atom. The molecule has 2 heterocycles. The van der Waals surface area contributed by atoms with E-state index in [2.05, 4.69) is 119 Å². The zero-order valence-electron chi connectivity index (χ0n) is 30.7. The number of pyridine rings is 1. The minimum atomic E-state index is 0.334. The number of rotatable bonds is 14. The van der Waals surface area contributed by atoms with Gasteiger partial charge in [-0.05, 0) is 0 Å². The van der Waals surface area contributed by atoms with Crippen molar-refractivity contribution in [2.24, 2.45) is 0 Å². The van der Waals surface area contributed by atoms with Gasteiger partial charge in [0.15, 0.2) is 0 Å². The Labute approximate surface area is 292 Å². The van der Waals surface area contributed by atoms with Gasteiger partial charge < -0.3 is 4.98 Å². The van der Waals surface area contributed by atoms with E-state index in [1.807, 2.05) is 12.1 Å². The van der Waals surface area contributed by atoms with E-state index in [1.165, 1.54) is 33.6 Å². The van der Waals surface area contributed by atoms with Crippen LogP contribution in [0.4, 0.5) is 0 Å². The maximum atomic E-state index is 9.04. The molecular weight excluding hydrogens is 664 g/mol. The van der Waals surface area contributed by atoms with Crippen LogP contribution in [-0.4, -0.2) is 14.1 Å². The molecule has 4 aromatic rings. The van der Waals surface area contributed by atoms with Gasteiger partial charge in [-0.25, -0.2) is 0 Å². The summed E-state index contributed by atoms with van der Waals surface area (Å²) in [5.74, 6) is 1.54. The van der Waals surface area contributed by atoms with Crippen LogP contribution in [-0.2, 0) is 18.7 Å². The van der Waals surface area contributed by atoms with Gasteiger partial charge in [0, 0.05) is 0 Å². The summed E-state index contributed by atoms with van der Waals surface area (Å²) in [5.41, 5.74) is 7.38. The molecule has 4 rings (SSSR count). The van der Waals surface area contributed by atoms with Crippen LogP contribution in [0.2, 0.25) is 5.02 Å². The van der Waals surface area contributed by atoms with Crippen molar-refractivity contribution < 1.29 is 21.5 Å². The average Bonchev–Trinajstić information content (AvgIpc) is 3.46. The number of halogens is 1. The molecule has 0 spiro atoms. The molecule has 0 unspecified atom stereocenters. The molecule has 0 radical (unpaired) electrons. The van der Waals surface area contributed by atoms with Crippen molar-refractivity contribution in [3.63, 3.8) is 0 Å². The third-order valence-corrected chi connectivity index (χ3v) is 10.4. The van der Waals surface area contributed by atoms with Gasteiger partial charge in [-0.15, -0.1) is 17.7 Å². The molecule has 0 fully saturated rings. The predicted molar refractivity (Wildman–Crippen MR) is 190 cm³/mol. The minimum absolute atomic E-state index is 0.334. The van der Waals surface area contributed by atoms with Crippen LogP contribution in [0.1, 0.15) is 155 Å². The van der Waals surface area contributed by atoms with Crippen LogP contribution in [0.3, 0.4) is 0 Å². The van der Waals surface area contributed by atoms with Gasteiger partial charge in [0.2, 0.25) is 0 Å². The molecule has 0 atom stereocenters. The standard InChI is InChI=1S/C35H52N2.C5H3ClN.Pd/c1-9-26(10-2)30-19-17-20-31(27(11-3)12-4)34(30)36-23-24-37(25-36)35-32(28(13-5)14-6)21-18-22-33(35)29(15-7)16-8;6-5-2-1-3-7-4-5;/h17-24,26-29H,9-16H2,1-8H3;1-3H;/q;-1;/i19D,21D;;. The van der Waals surface area contributed by atoms with E-state index in [-0.39, 0.29) is 0 Å². The first-order valence-electron chi connectivity index (χ1n) is 18.2. The molecule has 0 bridgehead atoms. The molecule has 2 aromatic heterocycles. The van der Waals surface area contributed by atoms with Gasteiger partial charge in [-0.3, -0.25) is 0 Å². The van der Waals surface area contributed by atoms with E-state index in [1.54, 1.807) is 18.3 Å². The number of imidazole rings is 1. The van der Waals surface area contributed by atoms with Crippen molar-refractivity contribution in [3.8, 4) is 11.4 Å². The molecule has 3 nitrogen and oxygen atoms in total. The van der Waals surface area contributed by atoms with Crippen molar-refractivity contribution in [2.45, 2.75) is 130 Å². The van der Waals surface area contributed by atoms with Crippen LogP contribution in [0.15, 0.2) is 67.1 Å². The first-order chi connectivity index (χ1) is 22.7. The Balaban J connectivity index is 0.000000756. The molecule has 2 aromatic carbocycles. The summed E-state index contributed by atoms with van der Waals surface area (Å²) in [4.78, 5) is 3.63. The van der Waals surface area contributed by atoms with Gasteiger partial charge in [-0.1, -0.05) is 17.4 Å². The van der Waals surface area contributed by atoms with E-state index in [0.29, 0.717) is 40.8 Å². The Hall–Kier alpha value is -2.25. The first kappa shape index (κ1) is 34.1. The van der Waals surface area contributed by atoms with Crippen LogP contribution in [0, 0.1) is 10.1 Å². The van der Waals surface area contributed by atoms with Crippen molar-refractivity contribution in [1.29, 1.82) is 0 Å². The quantitative estimate of drug-likeness (QED) is 0.0939. The summed E-state index contributed by atoms with van der Waals surface area (Å²) in [6.45, 7) is 18.1. The summed E-state index contributed by atoms with van der Waals surface area (Å²) in [6, 6.07) is 13.2. The Morgan fingerprint density at radius 2 is 1.02 bits per heavy atom. The second-order valence-corrected chi connectivity index (χ2v) is 12.9. The van der Waals surface area contributed by atoms with E-state index >= 15 is 0 Å². The number of hydrogen-bond donors (Lipinski definition) is 0. The molecule has 248 valence electrons. The summed E-state index contributed by atoms with van der Waals surface area (Å²) < 4.78 is 23.7. The van der Waals surface area contributed by atoms with Gasteiger partial charge >= 0.3 is 247 Å². The fraction of sp³-hybridized carbons (Fsp3) is 0.500. The van der Waals surface area contributed by atoms with Crippen molar-refractivity contribution in [2.75, 3.05) is 0 Å². The van der Waals surface area contributed by atoms with E-state index in [0.717, 1.165) is 55.3 Å². The summed E-state index contributed by atoms with van der Waals surface area (Å²) in [7, 11) is 0. The number of nitrogens with zero attached hydrogens (tertiary/aromatic N) is 3. The average molecular weight is 722 g/mol. The normalized spacial score (nSPS) is 12.2. The number of para-hydroxylation sites is 2. The van der Waals surface area contributed by atoms with Gasteiger partial charge in [-0.2, -0.15) is 6.07 Å². The summed E-state index contributed by atoms with van der Waals surface area (Å²) in [5, 5.41) is 0.558. The van der Waals surface area contributed by atoms with E-state index in [4.69, 9.17) is 14.3 Å².